The molecule has 0 amide bonds. The third-order valence-electron chi connectivity index (χ3n) is 2.19. The van der Waals surface area contributed by atoms with Crippen LogP contribution in [0.25, 0.3) is 0 Å². The zero-order valence-electron chi connectivity index (χ0n) is 6.59. The Bertz CT molecular complexity index is 319. The van der Waals surface area contributed by atoms with Crippen LogP contribution in [0.4, 0.5) is 0 Å². The van der Waals surface area contributed by atoms with Gasteiger partial charge >= 0.3 is 0 Å². The number of Topliss-reactive ketones (excluding diaryl/α,β-unsaturated/α-hetero) is 1. The van der Waals surface area contributed by atoms with Crippen molar-refractivity contribution < 1.29 is 4.79 Å². The molecule has 0 aliphatic heterocycles. The van der Waals surface area contributed by atoms with Gasteiger partial charge in [-0.1, -0.05) is 40.2 Å². The molecule has 1 aliphatic rings. The maximum atomic E-state index is 11.2. The highest BCUT2D eigenvalue weighted by atomic mass is 79.9. The van der Waals surface area contributed by atoms with E-state index in [1.807, 2.05) is 18.2 Å². The standard InChI is InChI=1S/C10H9BrO/c11-10-6-8(12)5-7-3-1-2-4-9(7)10/h1-4,10H,5-6H2. The Hall–Kier alpha value is -0.630. The second kappa shape index (κ2) is 3.02. The number of carbonyl (C=O) groups excluding carboxylic acids is 1. The average molecular weight is 225 g/mol. The van der Waals surface area contributed by atoms with E-state index in [4.69, 9.17) is 0 Å². The van der Waals surface area contributed by atoms with Gasteiger partial charge in [0.2, 0.25) is 0 Å². The molecule has 0 radical (unpaired) electrons. The SMILES string of the molecule is O=C1Cc2ccccc2C(Br)C1. The number of alkyl halides is 1. The molecule has 2 heteroatoms. The van der Waals surface area contributed by atoms with Gasteiger partial charge in [-0.15, -0.1) is 0 Å². The van der Waals surface area contributed by atoms with Crippen LogP contribution in [0.2, 0.25) is 0 Å². The maximum absolute atomic E-state index is 11.2. The molecular formula is C10H9BrO. The summed E-state index contributed by atoms with van der Waals surface area (Å²) in [4.78, 5) is 11.4. The summed E-state index contributed by atoms with van der Waals surface area (Å²) in [5, 5.41) is 0. The monoisotopic (exact) mass is 224 g/mol. The van der Waals surface area contributed by atoms with Crippen molar-refractivity contribution in [2.24, 2.45) is 0 Å². The summed E-state index contributed by atoms with van der Waals surface area (Å²) in [5.74, 6) is 0.329. The van der Waals surface area contributed by atoms with Crippen molar-refractivity contribution in [1.82, 2.24) is 0 Å². The van der Waals surface area contributed by atoms with E-state index in [0.717, 1.165) is 0 Å². The van der Waals surface area contributed by atoms with Crippen molar-refractivity contribution in [2.75, 3.05) is 0 Å². The molecule has 0 bridgehead atoms. The van der Waals surface area contributed by atoms with E-state index in [1.165, 1.54) is 11.1 Å². The normalized spacial score (nSPS) is 22.1. The van der Waals surface area contributed by atoms with Gasteiger partial charge in [-0.05, 0) is 11.1 Å². The molecule has 0 N–H and O–H groups in total. The minimum atomic E-state index is 0.231. The van der Waals surface area contributed by atoms with Gasteiger partial charge in [-0.2, -0.15) is 0 Å². The van der Waals surface area contributed by atoms with Gasteiger partial charge < -0.3 is 0 Å². The number of fused-ring (bicyclic) bond motifs is 1. The van der Waals surface area contributed by atoms with Crippen LogP contribution < -0.4 is 0 Å². The molecule has 0 aromatic heterocycles. The minimum absolute atomic E-state index is 0.231. The lowest BCUT2D eigenvalue weighted by atomic mass is 9.91. The number of benzene rings is 1. The number of hydrogen-bond acceptors (Lipinski definition) is 1. The first-order valence-electron chi connectivity index (χ1n) is 4.01. The summed E-state index contributed by atoms with van der Waals surface area (Å²) >= 11 is 3.51. The van der Waals surface area contributed by atoms with Crippen LogP contribution in [0.1, 0.15) is 22.4 Å². The Labute approximate surface area is 79.9 Å². The Kier molecular flexibility index (Phi) is 2.01. The Morgan fingerprint density at radius 3 is 2.92 bits per heavy atom. The van der Waals surface area contributed by atoms with E-state index in [2.05, 4.69) is 22.0 Å². The van der Waals surface area contributed by atoms with E-state index in [1.54, 1.807) is 0 Å². The van der Waals surface area contributed by atoms with Gasteiger partial charge in [0, 0.05) is 17.7 Å². The van der Waals surface area contributed by atoms with E-state index in [9.17, 15) is 4.79 Å². The topological polar surface area (TPSA) is 17.1 Å². The number of rotatable bonds is 0. The fraction of sp³-hybridized carbons (Fsp3) is 0.300. The zero-order chi connectivity index (χ0) is 8.55. The van der Waals surface area contributed by atoms with E-state index >= 15 is 0 Å². The lowest BCUT2D eigenvalue weighted by molar-refractivity contribution is -0.118. The number of hydrogen-bond donors (Lipinski definition) is 0. The first-order valence-corrected chi connectivity index (χ1v) is 4.92. The van der Waals surface area contributed by atoms with Crippen LogP contribution >= 0.6 is 15.9 Å². The van der Waals surface area contributed by atoms with Crippen LogP contribution in [0.5, 0.6) is 0 Å². The smallest absolute Gasteiger partial charge is 0.138 e. The molecule has 0 saturated carbocycles. The fourth-order valence-corrected chi connectivity index (χ4v) is 2.40. The van der Waals surface area contributed by atoms with Gasteiger partial charge in [-0.25, -0.2) is 0 Å². The highest BCUT2D eigenvalue weighted by Crippen LogP contribution is 2.33. The first kappa shape index (κ1) is 7.99. The average Bonchev–Trinajstić information content (AvgIpc) is 2.04. The van der Waals surface area contributed by atoms with Gasteiger partial charge in [0.1, 0.15) is 5.78 Å². The molecule has 1 atom stereocenters. The fourth-order valence-electron chi connectivity index (χ4n) is 1.60. The molecule has 2 rings (SSSR count). The highest BCUT2D eigenvalue weighted by molar-refractivity contribution is 9.09. The second-order valence-corrected chi connectivity index (χ2v) is 4.19. The summed E-state index contributed by atoms with van der Waals surface area (Å²) in [6.07, 6.45) is 1.25. The van der Waals surface area contributed by atoms with Gasteiger partial charge in [0.25, 0.3) is 0 Å². The first-order chi connectivity index (χ1) is 5.77. The summed E-state index contributed by atoms with van der Waals surface area (Å²) in [7, 11) is 0. The van der Waals surface area contributed by atoms with Crippen molar-refractivity contribution in [3.8, 4) is 0 Å². The summed E-state index contributed by atoms with van der Waals surface area (Å²) in [5.41, 5.74) is 2.45. The predicted molar refractivity (Wildman–Crippen MR) is 51.4 cm³/mol. The van der Waals surface area contributed by atoms with Crippen LogP contribution in [0.3, 0.4) is 0 Å². The van der Waals surface area contributed by atoms with E-state index in [-0.39, 0.29) is 4.83 Å². The highest BCUT2D eigenvalue weighted by Gasteiger charge is 2.21. The lowest BCUT2D eigenvalue weighted by Gasteiger charge is -2.19. The van der Waals surface area contributed by atoms with Gasteiger partial charge in [0.05, 0.1) is 0 Å². The molecule has 0 heterocycles. The largest absolute Gasteiger partial charge is 0.299 e. The van der Waals surface area contributed by atoms with Gasteiger partial charge in [0.15, 0.2) is 0 Å². The lowest BCUT2D eigenvalue weighted by Crippen LogP contribution is -2.14. The van der Waals surface area contributed by atoms with Crippen molar-refractivity contribution >= 4 is 21.7 Å². The molecule has 62 valence electrons. The molecule has 0 saturated heterocycles. The predicted octanol–water partition coefficient (Wildman–Crippen LogP) is 2.64. The Balaban J connectivity index is 2.47. The summed E-state index contributed by atoms with van der Waals surface area (Å²) < 4.78 is 0. The number of carbonyl (C=O) groups is 1. The van der Waals surface area contributed by atoms with Crippen molar-refractivity contribution in [2.45, 2.75) is 17.7 Å². The summed E-state index contributed by atoms with van der Waals surface area (Å²) in [6, 6.07) is 8.11. The molecular weight excluding hydrogens is 216 g/mol. The molecule has 1 unspecified atom stereocenters. The molecule has 12 heavy (non-hydrogen) atoms. The van der Waals surface area contributed by atoms with E-state index in [0.29, 0.717) is 18.6 Å². The minimum Gasteiger partial charge on any atom is -0.299 e. The maximum Gasteiger partial charge on any atom is 0.138 e. The molecule has 0 fully saturated rings. The Morgan fingerprint density at radius 2 is 2.08 bits per heavy atom. The van der Waals surface area contributed by atoms with Crippen molar-refractivity contribution in [1.29, 1.82) is 0 Å². The van der Waals surface area contributed by atoms with Crippen LogP contribution in [0, 0.1) is 0 Å². The van der Waals surface area contributed by atoms with Crippen LogP contribution in [-0.2, 0) is 11.2 Å². The molecule has 1 nitrogen and oxygen atoms in total. The van der Waals surface area contributed by atoms with E-state index < -0.39 is 0 Å². The third kappa shape index (κ3) is 1.31. The van der Waals surface area contributed by atoms with Crippen LogP contribution in [0.15, 0.2) is 24.3 Å². The zero-order valence-corrected chi connectivity index (χ0v) is 8.17. The van der Waals surface area contributed by atoms with Gasteiger partial charge in [-0.3, -0.25) is 4.79 Å². The molecule has 1 aromatic carbocycles. The Morgan fingerprint density at radius 1 is 1.33 bits per heavy atom. The third-order valence-corrected chi connectivity index (χ3v) is 3.00. The quantitative estimate of drug-likeness (QED) is 0.620. The molecule has 1 aromatic rings. The number of halogens is 1. The molecule has 1 aliphatic carbocycles. The second-order valence-electron chi connectivity index (χ2n) is 3.09. The number of ketones is 1. The molecule has 0 spiro atoms. The van der Waals surface area contributed by atoms with Crippen molar-refractivity contribution in [3.63, 3.8) is 0 Å². The van der Waals surface area contributed by atoms with Crippen LogP contribution in [-0.4, -0.2) is 5.78 Å². The summed E-state index contributed by atoms with van der Waals surface area (Å²) in [6.45, 7) is 0. The van der Waals surface area contributed by atoms with Crippen molar-refractivity contribution in [3.05, 3.63) is 35.4 Å².